The van der Waals surface area contributed by atoms with E-state index in [4.69, 9.17) is 4.74 Å². The molecule has 3 aromatic carbocycles. The zero-order chi connectivity index (χ0) is 24.7. The Hall–Kier alpha value is -3.52. The number of benzene rings is 3. The minimum absolute atomic E-state index is 0.0374. The summed E-state index contributed by atoms with van der Waals surface area (Å²) in [6.45, 7) is -0.530. The molecule has 0 saturated heterocycles. The first-order valence-corrected chi connectivity index (χ1v) is 12.2. The van der Waals surface area contributed by atoms with Crippen LogP contribution in [-0.4, -0.2) is 39.1 Å². The van der Waals surface area contributed by atoms with E-state index in [2.05, 4.69) is 33.1 Å². The second kappa shape index (κ2) is 11.1. The molecule has 1 N–H and O–H groups in total. The van der Waals surface area contributed by atoms with Crippen molar-refractivity contribution in [2.75, 3.05) is 18.0 Å². The minimum Gasteiger partial charge on any atom is -0.490 e. The fourth-order valence-corrected chi connectivity index (χ4v) is 4.72. The number of methoxy groups -OCH3 is 1. The van der Waals surface area contributed by atoms with Crippen LogP contribution >= 0.6 is 22.6 Å². The summed E-state index contributed by atoms with van der Waals surface area (Å²) in [4.78, 5) is 23.2. The standard InChI is InChI=1S/C22H19IN4O6S/c1-33-21-12-7-16(13-20(21)27(29)30)14-24-25-22(28)15-26(18-10-8-17(23)9-11-18)34(31,32)19-5-3-2-4-6-19/h2-14H,15H2,1H3,(H,25,28)/b24-14-. The highest BCUT2D eigenvalue weighted by Gasteiger charge is 2.27. The second-order valence-electron chi connectivity index (χ2n) is 6.78. The number of sulfonamides is 1. The molecule has 0 atom stereocenters. The van der Waals surface area contributed by atoms with Gasteiger partial charge in [-0.15, -0.1) is 0 Å². The fraction of sp³-hybridized carbons (Fsp3) is 0.0909. The summed E-state index contributed by atoms with van der Waals surface area (Å²) in [6.07, 6.45) is 1.21. The van der Waals surface area contributed by atoms with Crippen molar-refractivity contribution in [3.05, 3.63) is 92.0 Å². The lowest BCUT2D eigenvalue weighted by Crippen LogP contribution is -2.39. The number of nitrogens with one attached hydrogen (secondary N) is 1. The van der Waals surface area contributed by atoms with E-state index in [-0.39, 0.29) is 16.3 Å². The lowest BCUT2D eigenvalue weighted by atomic mass is 10.2. The number of hydrogen-bond acceptors (Lipinski definition) is 7. The summed E-state index contributed by atoms with van der Waals surface area (Å²) in [5.74, 6) is -0.609. The summed E-state index contributed by atoms with van der Waals surface area (Å²) in [7, 11) is -2.71. The summed E-state index contributed by atoms with van der Waals surface area (Å²) >= 11 is 2.10. The molecule has 0 saturated carbocycles. The molecule has 3 aromatic rings. The summed E-state index contributed by atoms with van der Waals surface area (Å²) < 4.78 is 33.3. The maximum Gasteiger partial charge on any atom is 0.311 e. The molecule has 0 radical (unpaired) electrons. The van der Waals surface area contributed by atoms with Crippen LogP contribution in [0.2, 0.25) is 0 Å². The number of nitro benzene ring substituents is 1. The molecule has 34 heavy (non-hydrogen) atoms. The third kappa shape index (κ3) is 6.08. The van der Waals surface area contributed by atoms with Crippen molar-refractivity contribution < 1.29 is 22.9 Å². The van der Waals surface area contributed by atoms with Crippen molar-refractivity contribution in [2.45, 2.75) is 4.90 Å². The molecule has 0 aliphatic rings. The van der Waals surface area contributed by atoms with Crippen molar-refractivity contribution in [3.63, 3.8) is 0 Å². The van der Waals surface area contributed by atoms with E-state index >= 15 is 0 Å². The van der Waals surface area contributed by atoms with E-state index in [0.29, 0.717) is 11.3 Å². The molecule has 10 nitrogen and oxygen atoms in total. The topological polar surface area (TPSA) is 131 Å². The van der Waals surface area contributed by atoms with Gasteiger partial charge < -0.3 is 4.74 Å². The number of carbonyl (C=O) groups is 1. The van der Waals surface area contributed by atoms with Gasteiger partial charge in [-0.25, -0.2) is 13.8 Å². The van der Waals surface area contributed by atoms with Crippen LogP contribution in [0.4, 0.5) is 11.4 Å². The van der Waals surface area contributed by atoms with Gasteiger partial charge in [-0.1, -0.05) is 18.2 Å². The van der Waals surface area contributed by atoms with Crippen LogP contribution in [0.15, 0.2) is 82.8 Å². The lowest BCUT2D eigenvalue weighted by molar-refractivity contribution is -0.385. The van der Waals surface area contributed by atoms with Gasteiger partial charge in [0.2, 0.25) is 0 Å². The largest absolute Gasteiger partial charge is 0.490 e. The first-order chi connectivity index (χ1) is 16.2. The Kier molecular flexibility index (Phi) is 8.17. The average molecular weight is 594 g/mol. The van der Waals surface area contributed by atoms with Crippen LogP contribution in [-0.2, 0) is 14.8 Å². The zero-order valence-corrected chi connectivity index (χ0v) is 20.8. The molecular formula is C22H19IN4O6S. The number of halogens is 1. The number of nitro groups is 1. The molecule has 0 unspecified atom stereocenters. The van der Waals surface area contributed by atoms with E-state index in [1.165, 1.54) is 43.7 Å². The van der Waals surface area contributed by atoms with Gasteiger partial charge in [0, 0.05) is 15.2 Å². The molecule has 0 aliphatic carbocycles. The Bertz CT molecular complexity index is 1310. The number of nitrogens with zero attached hydrogens (tertiary/aromatic N) is 3. The highest BCUT2D eigenvalue weighted by Crippen LogP contribution is 2.27. The van der Waals surface area contributed by atoms with Gasteiger partial charge >= 0.3 is 5.69 Å². The SMILES string of the molecule is COc1ccc(/C=N\NC(=O)CN(c2ccc(I)cc2)S(=O)(=O)c2ccccc2)cc1[N+](=O)[O-]. The van der Waals surface area contributed by atoms with Gasteiger partial charge in [0.25, 0.3) is 15.9 Å². The molecule has 0 spiro atoms. The van der Waals surface area contributed by atoms with Gasteiger partial charge in [-0.3, -0.25) is 19.2 Å². The Morgan fingerprint density at radius 1 is 1.15 bits per heavy atom. The Labute approximate surface area is 209 Å². The first kappa shape index (κ1) is 25.1. The number of anilines is 1. The number of carbonyl (C=O) groups excluding carboxylic acids is 1. The number of ether oxygens (including phenoxy) is 1. The van der Waals surface area contributed by atoms with Crippen molar-refractivity contribution in [2.24, 2.45) is 5.10 Å². The van der Waals surface area contributed by atoms with Crippen LogP contribution in [0.5, 0.6) is 5.75 Å². The van der Waals surface area contributed by atoms with Crippen LogP contribution in [0.3, 0.4) is 0 Å². The number of hydrogen-bond donors (Lipinski definition) is 1. The summed E-state index contributed by atoms with van der Waals surface area (Å²) in [5.41, 5.74) is 2.67. The van der Waals surface area contributed by atoms with Crippen molar-refractivity contribution in [1.29, 1.82) is 0 Å². The number of rotatable bonds is 9. The van der Waals surface area contributed by atoms with E-state index in [1.807, 2.05) is 0 Å². The Morgan fingerprint density at radius 3 is 2.44 bits per heavy atom. The fourth-order valence-electron chi connectivity index (χ4n) is 2.92. The van der Waals surface area contributed by atoms with E-state index < -0.39 is 27.4 Å². The molecular weight excluding hydrogens is 575 g/mol. The Balaban J connectivity index is 1.81. The molecule has 0 aromatic heterocycles. The van der Waals surface area contributed by atoms with Crippen LogP contribution in [0.25, 0.3) is 0 Å². The van der Waals surface area contributed by atoms with Crippen LogP contribution in [0, 0.1) is 13.7 Å². The zero-order valence-electron chi connectivity index (χ0n) is 17.8. The molecule has 176 valence electrons. The van der Waals surface area contributed by atoms with Crippen molar-refractivity contribution in [3.8, 4) is 5.75 Å². The highest BCUT2D eigenvalue weighted by atomic mass is 127. The van der Waals surface area contributed by atoms with Crippen LogP contribution < -0.4 is 14.5 Å². The van der Waals surface area contributed by atoms with Gasteiger partial charge in [0.15, 0.2) is 5.75 Å². The van der Waals surface area contributed by atoms with E-state index in [0.717, 1.165) is 7.88 Å². The molecule has 3 rings (SSSR count). The van der Waals surface area contributed by atoms with E-state index in [1.54, 1.807) is 42.5 Å². The second-order valence-corrected chi connectivity index (χ2v) is 9.89. The van der Waals surface area contributed by atoms with Gasteiger partial charge in [-0.05, 0) is 71.1 Å². The van der Waals surface area contributed by atoms with Crippen molar-refractivity contribution in [1.82, 2.24) is 5.43 Å². The molecule has 0 fully saturated rings. The normalized spacial score (nSPS) is 11.2. The van der Waals surface area contributed by atoms with Gasteiger partial charge in [0.1, 0.15) is 6.54 Å². The lowest BCUT2D eigenvalue weighted by Gasteiger charge is -2.23. The Morgan fingerprint density at radius 2 is 1.82 bits per heavy atom. The first-order valence-electron chi connectivity index (χ1n) is 9.70. The minimum atomic E-state index is -4.03. The monoisotopic (exact) mass is 594 g/mol. The van der Waals surface area contributed by atoms with E-state index in [9.17, 15) is 23.3 Å². The quantitative estimate of drug-likeness (QED) is 0.175. The smallest absolute Gasteiger partial charge is 0.311 e. The molecule has 0 bridgehead atoms. The maximum atomic E-state index is 13.2. The van der Waals surface area contributed by atoms with Gasteiger partial charge in [0.05, 0.1) is 28.8 Å². The predicted octanol–water partition coefficient (Wildman–Crippen LogP) is 3.55. The summed E-state index contributed by atoms with van der Waals surface area (Å²) in [5, 5.41) is 15.0. The molecule has 0 heterocycles. The average Bonchev–Trinajstić information content (AvgIpc) is 2.83. The summed E-state index contributed by atoms with van der Waals surface area (Å²) in [6, 6.07) is 18.6. The number of hydrazone groups is 1. The third-order valence-corrected chi connectivity index (χ3v) is 7.04. The third-order valence-electron chi connectivity index (χ3n) is 4.54. The van der Waals surface area contributed by atoms with Crippen LogP contribution in [0.1, 0.15) is 5.56 Å². The molecule has 1 amide bonds. The molecule has 0 aliphatic heterocycles. The highest BCUT2D eigenvalue weighted by molar-refractivity contribution is 14.1. The number of amides is 1. The molecule has 12 heteroatoms. The van der Waals surface area contributed by atoms with Gasteiger partial charge in [-0.2, -0.15) is 5.10 Å². The maximum absolute atomic E-state index is 13.2. The van der Waals surface area contributed by atoms with Crippen molar-refractivity contribution >= 4 is 56.1 Å². The predicted molar refractivity (Wildman–Crippen MR) is 136 cm³/mol.